The Kier molecular flexibility index (Phi) is 3.34. The van der Waals surface area contributed by atoms with E-state index in [-0.39, 0.29) is 12.4 Å². The molecular weight excluding hydrogens is 286 g/mol. The molecule has 1 N–H and O–H groups in total. The van der Waals surface area contributed by atoms with E-state index in [1.807, 2.05) is 0 Å². The number of nitro benzene ring substituents is 1. The highest BCUT2D eigenvalue weighted by molar-refractivity contribution is 5.59. The molecule has 0 spiro atoms. The highest BCUT2D eigenvalue weighted by Crippen LogP contribution is 2.30. The Labute approximate surface area is 117 Å². The molecular formula is C12H10F2N4O3. The number of rotatable bonds is 5. The minimum atomic E-state index is -1.33. The minimum absolute atomic E-state index is 0.169. The number of hydrogen-bond acceptors (Lipinski definition) is 6. The van der Waals surface area contributed by atoms with E-state index >= 15 is 0 Å². The van der Waals surface area contributed by atoms with Gasteiger partial charge < -0.3 is 9.73 Å². The first-order valence-electron chi connectivity index (χ1n) is 6.25. The van der Waals surface area contributed by atoms with E-state index in [1.165, 1.54) is 0 Å². The largest absolute Gasteiger partial charge is 0.419 e. The quantitative estimate of drug-likeness (QED) is 0.671. The lowest BCUT2D eigenvalue weighted by Gasteiger charge is -2.01. The van der Waals surface area contributed by atoms with Crippen LogP contribution in [-0.2, 0) is 6.54 Å². The molecule has 3 rings (SSSR count). The fourth-order valence-corrected chi connectivity index (χ4v) is 1.82. The fourth-order valence-electron chi connectivity index (χ4n) is 1.82. The summed E-state index contributed by atoms with van der Waals surface area (Å²) in [7, 11) is 0. The van der Waals surface area contributed by atoms with Crippen LogP contribution in [0.25, 0.3) is 11.5 Å². The SMILES string of the molecule is O=[N+]([O-])c1ccc(F)c(-c2nnc(CNC3CC3)o2)c1F. The average Bonchev–Trinajstić information content (AvgIpc) is 3.15. The zero-order valence-electron chi connectivity index (χ0n) is 10.7. The van der Waals surface area contributed by atoms with Gasteiger partial charge in [0.2, 0.25) is 11.7 Å². The van der Waals surface area contributed by atoms with Gasteiger partial charge in [0, 0.05) is 12.1 Å². The lowest BCUT2D eigenvalue weighted by Crippen LogP contribution is -2.15. The molecule has 0 aliphatic heterocycles. The number of nitrogens with zero attached hydrogens (tertiary/aromatic N) is 3. The van der Waals surface area contributed by atoms with Crippen molar-refractivity contribution in [2.45, 2.75) is 25.4 Å². The van der Waals surface area contributed by atoms with Crippen LogP contribution in [0, 0.1) is 21.7 Å². The molecule has 9 heteroatoms. The van der Waals surface area contributed by atoms with E-state index in [0.29, 0.717) is 6.04 Å². The van der Waals surface area contributed by atoms with Crippen LogP contribution < -0.4 is 5.32 Å². The second-order valence-electron chi connectivity index (χ2n) is 4.67. The van der Waals surface area contributed by atoms with Crippen molar-refractivity contribution in [1.29, 1.82) is 0 Å². The van der Waals surface area contributed by atoms with Gasteiger partial charge in [0.1, 0.15) is 11.4 Å². The summed E-state index contributed by atoms with van der Waals surface area (Å²) in [6.07, 6.45) is 2.13. The van der Waals surface area contributed by atoms with Crippen LogP contribution in [0.1, 0.15) is 18.7 Å². The first-order valence-corrected chi connectivity index (χ1v) is 6.25. The molecule has 0 amide bonds. The Hall–Kier alpha value is -2.42. The van der Waals surface area contributed by atoms with E-state index < -0.39 is 33.7 Å². The molecule has 1 aliphatic carbocycles. The third-order valence-corrected chi connectivity index (χ3v) is 3.07. The van der Waals surface area contributed by atoms with Crippen LogP contribution in [0.15, 0.2) is 16.5 Å². The lowest BCUT2D eigenvalue weighted by atomic mass is 10.1. The van der Waals surface area contributed by atoms with E-state index in [1.54, 1.807) is 0 Å². The molecule has 7 nitrogen and oxygen atoms in total. The predicted molar refractivity (Wildman–Crippen MR) is 66.2 cm³/mol. The van der Waals surface area contributed by atoms with Gasteiger partial charge in [-0.25, -0.2) is 4.39 Å². The first kappa shape index (κ1) is 13.6. The highest BCUT2D eigenvalue weighted by atomic mass is 19.1. The number of nitro groups is 1. The maximum Gasteiger partial charge on any atom is 0.305 e. The summed E-state index contributed by atoms with van der Waals surface area (Å²) < 4.78 is 32.8. The molecule has 110 valence electrons. The molecule has 1 aliphatic rings. The molecule has 0 radical (unpaired) electrons. The van der Waals surface area contributed by atoms with Gasteiger partial charge in [-0.2, -0.15) is 4.39 Å². The van der Waals surface area contributed by atoms with Crippen LogP contribution in [0.4, 0.5) is 14.5 Å². The van der Waals surface area contributed by atoms with E-state index in [9.17, 15) is 18.9 Å². The summed E-state index contributed by atoms with van der Waals surface area (Å²) in [5.41, 5.74) is -1.53. The third kappa shape index (κ3) is 2.72. The average molecular weight is 296 g/mol. The monoisotopic (exact) mass is 296 g/mol. The van der Waals surface area contributed by atoms with Crippen LogP contribution in [0.3, 0.4) is 0 Å². The second kappa shape index (κ2) is 5.17. The van der Waals surface area contributed by atoms with Crippen molar-refractivity contribution in [2.24, 2.45) is 0 Å². The Balaban J connectivity index is 1.91. The molecule has 1 heterocycles. The third-order valence-electron chi connectivity index (χ3n) is 3.07. The smallest absolute Gasteiger partial charge is 0.305 e. The minimum Gasteiger partial charge on any atom is -0.419 e. The molecule has 0 bridgehead atoms. The van der Waals surface area contributed by atoms with Gasteiger partial charge in [-0.3, -0.25) is 10.1 Å². The van der Waals surface area contributed by atoms with Gasteiger partial charge in [0.05, 0.1) is 11.5 Å². The van der Waals surface area contributed by atoms with Crippen molar-refractivity contribution in [3.63, 3.8) is 0 Å². The van der Waals surface area contributed by atoms with Crippen molar-refractivity contribution >= 4 is 5.69 Å². The zero-order chi connectivity index (χ0) is 15.0. The summed E-state index contributed by atoms with van der Waals surface area (Å²) in [6, 6.07) is 1.95. The molecule has 0 unspecified atom stereocenters. The van der Waals surface area contributed by atoms with Gasteiger partial charge >= 0.3 is 5.69 Å². The fraction of sp³-hybridized carbons (Fsp3) is 0.333. The van der Waals surface area contributed by atoms with Gasteiger partial charge in [-0.1, -0.05) is 0 Å². The molecule has 0 atom stereocenters. The Morgan fingerprint density at radius 1 is 1.38 bits per heavy atom. The van der Waals surface area contributed by atoms with Gasteiger partial charge in [-0.05, 0) is 18.9 Å². The van der Waals surface area contributed by atoms with E-state index in [0.717, 1.165) is 25.0 Å². The number of benzene rings is 1. The summed E-state index contributed by atoms with van der Waals surface area (Å²) in [5.74, 6) is -2.57. The number of halogens is 2. The summed E-state index contributed by atoms with van der Waals surface area (Å²) in [4.78, 5) is 9.73. The maximum absolute atomic E-state index is 14.0. The van der Waals surface area contributed by atoms with Gasteiger partial charge in [0.25, 0.3) is 5.89 Å². The number of aromatic nitrogens is 2. The summed E-state index contributed by atoms with van der Waals surface area (Å²) in [5, 5.41) is 21.0. The van der Waals surface area contributed by atoms with E-state index in [2.05, 4.69) is 15.5 Å². The Morgan fingerprint density at radius 2 is 2.14 bits per heavy atom. The van der Waals surface area contributed by atoms with Crippen molar-refractivity contribution in [3.8, 4) is 11.5 Å². The lowest BCUT2D eigenvalue weighted by molar-refractivity contribution is -0.387. The predicted octanol–water partition coefficient (Wildman–Crippen LogP) is 2.17. The van der Waals surface area contributed by atoms with Crippen LogP contribution >= 0.6 is 0 Å². The summed E-state index contributed by atoms with van der Waals surface area (Å²) in [6.45, 7) is 0.288. The number of nitrogens with one attached hydrogen (secondary N) is 1. The normalized spacial score (nSPS) is 14.4. The highest BCUT2D eigenvalue weighted by Gasteiger charge is 2.26. The van der Waals surface area contributed by atoms with Crippen LogP contribution in [0.5, 0.6) is 0 Å². The molecule has 1 saturated carbocycles. The van der Waals surface area contributed by atoms with Gasteiger partial charge in [0.15, 0.2) is 0 Å². The number of hydrogen-bond donors (Lipinski definition) is 1. The van der Waals surface area contributed by atoms with Crippen molar-refractivity contribution in [1.82, 2.24) is 15.5 Å². The van der Waals surface area contributed by atoms with E-state index in [4.69, 9.17) is 4.42 Å². The Morgan fingerprint density at radius 3 is 2.81 bits per heavy atom. The van der Waals surface area contributed by atoms with Crippen LogP contribution in [0.2, 0.25) is 0 Å². The molecule has 1 aromatic heterocycles. The maximum atomic E-state index is 14.0. The molecule has 2 aromatic rings. The molecule has 0 saturated heterocycles. The summed E-state index contributed by atoms with van der Waals surface area (Å²) >= 11 is 0. The topological polar surface area (TPSA) is 94.1 Å². The zero-order valence-corrected chi connectivity index (χ0v) is 10.7. The molecule has 21 heavy (non-hydrogen) atoms. The van der Waals surface area contributed by atoms with Gasteiger partial charge in [-0.15, -0.1) is 10.2 Å². The van der Waals surface area contributed by atoms with Crippen molar-refractivity contribution < 1.29 is 18.1 Å². The second-order valence-corrected chi connectivity index (χ2v) is 4.67. The Bertz CT molecular complexity index is 700. The van der Waals surface area contributed by atoms with Crippen LogP contribution in [-0.4, -0.2) is 21.2 Å². The molecule has 1 fully saturated rings. The first-order chi connectivity index (χ1) is 10.1. The standard InChI is InChI=1S/C12H10F2N4O3/c13-7-3-4-8(18(19)20)11(14)10(7)12-17-16-9(21-12)5-15-6-1-2-6/h3-4,6,15H,1-2,5H2. The van der Waals surface area contributed by atoms with Crippen molar-refractivity contribution in [3.05, 3.63) is 39.8 Å². The molecule has 1 aromatic carbocycles. The van der Waals surface area contributed by atoms with Crippen molar-refractivity contribution in [2.75, 3.05) is 0 Å².